The smallest absolute Gasteiger partial charge is 0.0596 e. The van der Waals surface area contributed by atoms with Crippen LogP contribution in [0.1, 0.15) is 19.8 Å². The molecule has 0 atom stereocenters. The van der Waals surface area contributed by atoms with E-state index < -0.39 is 0 Å². The second kappa shape index (κ2) is 4.93. The number of hydrogen-bond acceptors (Lipinski definition) is 3. The monoisotopic (exact) mass is 168 g/mol. The number of piperidine rings is 1. The Balaban J connectivity index is 2.26. The van der Waals surface area contributed by atoms with Crippen LogP contribution >= 0.6 is 0 Å². The summed E-state index contributed by atoms with van der Waals surface area (Å²) in [5, 5.41) is 11.7. The number of likely N-dealkylation sites (tertiary alicyclic amines) is 1. The standard InChI is InChI=1S/C9H16N2O/c1-2-3-6-11-7-4-9(10-12)5-8-11/h2-3,12H,4-8H2,1H3/b3-2+. The molecule has 0 aromatic rings. The molecule has 1 N–H and O–H groups in total. The summed E-state index contributed by atoms with van der Waals surface area (Å²) < 4.78 is 0. The highest BCUT2D eigenvalue weighted by Gasteiger charge is 2.13. The topological polar surface area (TPSA) is 35.8 Å². The van der Waals surface area contributed by atoms with Crippen LogP contribution < -0.4 is 0 Å². The van der Waals surface area contributed by atoms with E-state index in [1.54, 1.807) is 0 Å². The largest absolute Gasteiger partial charge is 0.411 e. The first kappa shape index (κ1) is 9.26. The molecule has 0 saturated carbocycles. The molecule has 0 amide bonds. The Hall–Kier alpha value is -0.830. The Kier molecular flexibility index (Phi) is 3.80. The molecule has 1 heterocycles. The molecule has 0 unspecified atom stereocenters. The van der Waals surface area contributed by atoms with Gasteiger partial charge in [-0.25, -0.2) is 0 Å². The summed E-state index contributed by atoms with van der Waals surface area (Å²) in [6.07, 6.45) is 6.04. The Bertz CT molecular complexity index is 177. The maximum atomic E-state index is 8.51. The van der Waals surface area contributed by atoms with Crippen LogP contribution in [0.25, 0.3) is 0 Å². The normalized spacial score (nSPS) is 20.2. The Morgan fingerprint density at radius 2 is 2.17 bits per heavy atom. The molecule has 1 aliphatic rings. The fourth-order valence-corrected chi connectivity index (χ4v) is 1.35. The van der Waals surface area contributed by atoms with E-state index in [1.807, 2.05) is 6.92 Å². The fraction of sp³-hybridized carbons (Fsp3) is 0.667. The molecule has 68 valence electrons. The third kappa shape index (κ3) is 2.66. The molecule has 0 radical (unpaired) electrons. The molecule has 0 aliphatic carbocycles. The predicted octanol–water partition coefficient (Wildman–Crippen LogP) is 1.49. The molecule has 3 nitrogen and oxygen atoms in total. The molecule has 1 fully saturated rings. The van der Waals surface area contributed by atoms with Gasteiger partial charge >= 0.3 is 0 Å². The lowest BCUT2D eigenvalue weighted by Crippen LogP contribution is -2.33. The quantitative estimate of drug-likeness (QED) is 0.385. The third-order valence-corrected chi connectivity index (χ3v) is 2.17. The average molecular weight is 168 g/mol. The van der Waals surface area contributed by atoms with Crippen LogP contribution in [0.3, 0.4) is 0 Å². The highest BCUT2D eigenvalue weighted by molar-refractivity contribution is 5.84. The van der Waals surface area contributed by atoms with E-state index in [-0.39, 0.29) is 0 Å². The van der Waals surface area contributed by atoms with Crippen molar-refractivity contribution >= 4 is 5.71 Å². The van der Waals surface area contributed by atoms with E-state index >= 15 is 0 Å². The zero-order valence-electron chi connectivity index (χ0n) is 7.53. The summed E-state index contributed by atoms with van der Waals surface area (Å²) in [6, 6.07) is 0. The zero-order valence-corrected chi connectivity index (χ0v) is 7.53. The summed E-state index contributed by atoms with van der Waals surface area (Å²) in [7, 11) is 0. The summed E-state index contributed by atoms with van der Waals surface area (Å²) in [4.78, 5) is 2.36. The van der Waals surface area contributed by atoms with E-state index in [1.165, 1.54) is 0 Å². The van der Waals surface area contributed by atoms with E-state index in [9.17, 15) is 0 Å². The van der Waals surface area contributed by atoms with Gasteiger partial charge in [-0.1, -0.05) is 17.3 Å². The first-order valence-electron chi connectivity index (χ1n) is 4.40. The van der Waals surface area contributed by atoms with Crippen LogP contribution in [0.4, 0.5) is 0 Å². The van der Waals surface area contributed by atoms with Gasteiger partial charge in [0.15, 0.2) is 0 Å². The number of allylic oxidation sites excluding steroid dienone is 1. The van der Waals surface area contributed by atoms with Gasteiger partial charge in [-0.2, -0.15) is 0 Å². The molecule has 1 aliphatic heterocycles. The van der Waals surface area contributed by atoms with Crippen molar-refractivity contribution < 1.29 is 5.21 Å². The van der Waals surface area contributed by atoms with Crippen LogP contribution in [0.2, 0.25) is 0 Å². The van der Waals surface area contributed by atoms with Gasteiger partial charge in [0.05, 0.1) is 5.71 Å². The maximum Gasteiger partial charge on any atom is 0.0596 e. The highest BCUT2D eigenvalue weighted by atomic mass is 16.4. The number of oxime groups is 1. The van der Waals surface area contributed by atoms with Gasteiger partial charge in [-0.05, 0) is 6.92 Å². The molecule has 0 spiro atoms. The molecule has 1 saturated heterocycles. The highest BCUT2D eigenvalue weighted by Crippen LogP contribution is 2.06. The Morgan fingerprint density at radius 3 is 2.67 bits per heavy atom. The van der Waals surface area contributed by atoms with Crippen LogP contribution in [-0.4, -0.2) is 35.5 Å². The number of nitrogens with zero attached hydrogens (tertiary/aromatic N) is 2. The van der Waals surface area contributed by atoms with E-state index in [4.69, 9.17) is 5.21 Å². The summed E-state index contributed by atoms with van der Waals surface area (Å²) in [5.74, 6) is 0. The first-order chi connectivity index (χ1) is 5.86. The van der Waals surface area contributed by atoms with Gasteiger partial charge in [-0.15, -0.1) is 0 Å². The second-order valence-electron chi connectivity index (χ2n) is 3.04. The summed E-state index contributed by atoms with van der Waals surface area (Å²) in [5.41, 5.74) is 0.937. The minimum Gasteiger partial charge on any atom is -0.411 e. The van der Waals surface area contributed by atoms with Crippen molar-refractivity contribution in [2.45, 2.75) is 19.8 Å². The van der Waals surface area contributed by atoms with Gasteiger partial charge in [-0.3, -0.25) is 4.90 Å². The van der Waals surface area contributed by atoms with E-state index in [0.717, 1.165) is 38.2 Å². The lowest BCUT2D eigenvalue weighted by Gasteiger charge is -2.25. The van der Waals surface area contributed by atoms with Crippen molar-refractivity contribution in [3.8, 4) is 0 Å². The van der Waals surface area contributed by atoms with E-state index in [0.29, 0.717) is 0 Å². The molecule has 3 heteroatoms. The molecular formula is C9H16N2O. The summed E-state index contributed by atoms with van der Waals surface area (Å²) in [6.45, 7) is 5.09. The second-order valence-corrected chi connectivity index (χ2v) is 3.04. The minimum atomic E-state index is 0.911. The van der Waals surface area contributed by atoms with Gasteiger partial charge in [0.2, 0.25) is 0 Å². The molecular weight excluding hydrogens is 152 g/mol. The predicted molar refractivity (Wildman–Crippen MR) is 49.7 cm³/mol. The van der Waals surface area contributed by atoms with Gasteiger partial charge < -0.3 is 5.21 Å². The van der Waals surface area contributed by atoms with Crippen LogP contribution in [0.5, 0.6) is 0 Å². The fourth-order valence-electron chi connectivity index (χ4n) is 1.35. The van der Waals surface area contributed by atoms with Crippen molar-refractivity contribution in [1.82, 2.24) is 4.90 Å². The van der Waals surface area contributed by atoms with Crippen molar-refractivity contribution in [2.24, 2.45) is 5.16 Å². The van der Waals surface area contributed by atoms with Crippen LogP contribution in [0, 0.1) is 0 Å². The van der Waals surface area contributed by atoms with Crippen LogP contribution in [0.15, 0.2) is 17.3 Å². The minimum absolute atomic E-state index is 0.911. The van der Waals surface area contributed by atoms with Gasteiger partial charge in [0, 0.05) is 32.5 Å². The van der Waals surface area contributed by atoms with Gasteiger partial charge in [0.1, 0.15) is 0 Å². The average Bonchev–Trinajstić information content (AvgIpc) is 2.15. The molecule has 1 rings (SSSR count). The Morgan fingerprint density at radius 1 is 1.50 bits per heavy atom. The van der Waals surface area contributed by atoms with Crippen molar-refractivity contribution in [2.75, 3.05) is 19.6 Å². The zero-order chi connectivity index (χ0) is 8.81. The Labute approximate surface area is 73.4 Å². The summed E-state index contributed by atoms with van der Waals surface area (Å²) >= 11 is 0. The van der Waals surface area contributed by atoms with E-state index in [2.05, 4.69) is 22.2 Å². The third-order valence-electron chi connectivity index (χ3n) is 2.17. The van der Waals surface area contributed by atoms with Crippen molar-refractivity contribution in [3.63, 3.8) is 0 Å². The molecule has 0 bridgehead atoms. The molecule has 0 aromatic carbocycles. The first-order valence-corrected chi connectivity index (χ1v) is 4.40. The van der Waals surface area contributed by atoms with Crippen LogP contribution in [-0.2, 0) is 0 Å². The lowest BCUT2D eigenvalue weighted by molar-refractivity contribution is 0.283. The maximum absolute atomic E-state index is 8.51. The van der Waals surface area contributed by atoms with Gasteiger partial charge in [0.25, 0.3) is 0 Å². The van der Waals surface area contributed by atoms with Crippen molar-refractivity contribution in [1.29, 1.82) is 0 Å². The lowest BCUT2D eigenvalue weighted by atomic mass is 10.1. The molecule has 0 aromatic heterocycles. The molecule has 12 heavy (non-hydrogen) atoms. The van der Waals surface area contributed by atoms with Crippen molar-refractivity contribution in [3.05, 3.63) is 12.2 Å². The SMILES string of the molecule is C/C=C/CN1CCC(=NO)CC1. The number of hydrogen-bond donors (Lipinski definition) is 1. The number of rotatable bonds is 2.